The van der Waals surface area contributed by atoms with E-state index in [0.717, 1.165) is 36.3 Å². The fraction of sp³-hybridized carbons (Fsp3) is 0.400. The molecule has 4 heterocycles. The normalized spacial score (nSPS) is 22.2. The van der Waals surface area contributed by atoms with Gasteiger partial charge in [-0.15, -0.1) is 0 Å². The third-order valence-electron chi connectivity index (χ3n) is 9.14. The fourth-order valence-electron chi connectivity index (χ4n) is 6.49. The first-order valence-corrected chi connectivity index (χ1v) is 15.5. The topological polar surface area (TPSA) is 117 Å². The van der Waals surface area contributed by atoms with Crippen molar-refractivity contribution in [2.24, 2.45) is 13.0 Å². The Morgan fingerprint density at radius 2 is 1.67 bits per heavy atom. The van der Waals surface area contributed by atoms with Crippen molar-refractivity contribution in [3.8, 4) is 11.8 Å². The lowest BCUT2D eigenvalue weighted by Gasteiger charge is -2.37. The van der Waals surface area contributed by atoms with E-state index in [4.69, 9.17) is 0 Å². The number of aryl methyl sites for hydroxylation is 1. The summed E-state index contributed by atoms with van der Waals surface area (Å²) in [5, 5.41) is 10.1. The van der Waals surface area contributed by atoms with E-state index in [2.05, 4.69) is 51.7 Å². The highest BCUT2D eigenvalue weighted by Gasteiger charge is 2.31. The monoisotopic (exact) mass is 606 g/mol. The van der Waals surface area contributed by atoms with Crippen molar-refractivity contribution < 1.29 is 14.4 Å². The zero-order valence-electron chi connectivity index (χ0n) is 25.9. The fourth-order valence-corrected chi connectivity index (χ4v) is 6.49. The third-order valence-corrected chi connectivity index (χ3v) is 9.14. The van der Waals surface area contributed by atoms with Crippen molar-refractivity contribution in [1.29, 1.82) is 0 Å². The van der Waals surface area contributed by atoms with Gasteiger partial charge in [0.1, 0.15) is 0 Å². The summed E-state index contributed by atoms with van der Waals surface area (Å²) in [6, 6.07) is 15.8. The summed E-state index contributed by atoms with van der Waals surface area (Å²) in [6.07, 6.45) is 3.51. The predicted octanol–water partition coefficient (Wildman–Crippen LogP) is 2.63. The molecule has 0 spiro atoms. The Morgan fingerprint density at radius 3 is 2.38 bits per heavy atom. The molecule has 3 aliphatic heterocycles. The number of amides is 3. The van der Waals surface area contributed by atoms with Gasteiger partial charge in [0, 0.05) is 62.4 Å². The van der Waals surface area contributed by atoms with E-state index >= 15 is 0 Å². The molecule has 2 aromatic carbocycles. The Labute approximate surface area is 262 Å². The predicted molar refractivity (Wildman–Crippen MR) is 171 cm³/mol. The van der Waals surface area contributed by atoms with Gasteiger partial charge in [0.25, 0.3) is 11.5 Å². The van der Waals surface area contributed by atoms with Crippen molar-refractivity contribution in [2.75, 3.05) is 38.5 Å². The van der Waals surface area contributed by atoms with Gasteiger partial charge in [-0.25, -0.2) is 4.68 Å². The van der Waals surface area contributed by atoms with Crippen molar-refractivity contribution in [1.82, 2.24) is 24.9 Å². The number of likely N-dealkylation sites (tertiary alicyclic amines) is 2. The SMILES string of the molecule is Cc1c(N[C@H]2C[C@@H](c3ccc(C(=O)N4CC(C#Cc5ccc(C6CCC(=O)NC6=O)cc5)C4)cc3)CN(C)C2)cnn(C)c1=O. The van der Waals surface area contributed by atoms with Crippen molar-refractivity contribution in [3.63, 3.8) is 0 Å². The van der Waals surface area contributed by atoms with Crippen LogP contribution in [0.4, 0.5) is 5.69 Å². The Balaban J connectivity index is 1.01. The molecule has 1 unspecified atom stereocenters. The maximum Gasteiger partial charge on any atom is 0.271 e. The maximum atomic E-state index is 13.1. The molecule has 0 bridgehead atoms. The van der Waals surface area contributed by atoms with Gasteiger partial charge in [-0.1, -0.05) is 36.1 Å². The number of aromatic nitrogens is 2. The summed E-state index contributed by atoms with van der Waals surface area (Å²) in [7, 11) is 3.76. The standard InChI is InChI=1S/C35H38N6O4/c1-22-31(17-36-40(3)34(22)44)37-29-16-28(20-39(2)21-29)25-10-12-27(13-11-25)35(45)41-18-24(19-41)5-4-23-6-8-26(9-7-23)30-14-15-32(42)38-33(30)43/h6-13,17,24,28-30,37H,14-16,18-21H2,1-3H3,(H,38,42,43)/t28-,29+,30?/m1/s1. The minimum Gasteiger partial charge on any atom is -0.379 e. The van der Waals surface area contributed by atoms with Gasteiger partial charge in [-0.2, -0.15) is 5.10 Å². The van der Waals surface area contributed by atoms with E-state index in [1.807, 2.05) is 48.2 Å². The summed E-state index contributed by atoms with van der Waals surface area (Å²) in [4.78, 5) is 53.1. The molecule has 0 aliphatic carbocycles. The first kappa shape index (κ1) is 30.3. The molecule has 0 saturated carbocycles. The van der Waals surface area contributed by atoms with Crippen LogP contribution in [0.25, 0.3) is 0 Å². The summed E-state index contributed by atoms with van der Waals surface area (Å²) in [5.41, 5.74) is 4.96. The molecule has 3 amide bonds. The first-order valence-electron chi connectivity index (χ1n) is 15.5. The van der Waals surface area contributed by atoms with E-state index in [1.165, 1.54) is 10.2 Å². The van der Waals surface area contributed by atoms with Gasteiger partial charge in [0.05, 0.1) is 23.7 Å². The Morgan fingerprint density at radius 1 is 0.956 bits per heavy atom. The molecule has 2 N–H and O–H groups in total. The highest BCUT2D eigenvalue weighted by molar-refractivity contribution is 6.01. The molecule has 0 radical (unpaired) electrons. The first-order chi connectivity index (χ1) is 21.6. The van der Waals surface area contributed by atoms with Crippen molar-refractivity contribution >= 4 is 23.4 Å². The number of carbonyl (C=O) groups is 3. The Hall–Kier alpha value is -4.75. The molecule has 10 nitrogen and oxygen atoms in total. The molecule has 232 valence electrons. The Kier molecular flexibility index (Phi) is 8.55. The van der Waals surface area contributed by atoms with E-state index in [0.29, 0.717) is 43.0 Å². The Bertz CT molecular complexity index is 1730. The number of nitrogens with one attached hydrogen (secondary N) is 2. The lowest BCUT2D eigenvalue weighted by atomic mass is 9.87. The number of likely N-dealkylation sites (N-methyl/N-ethyl adjacent to an activating group) is 1. The largest absolute Gasteiger partial charge is 0.379 e. The molecule has 6 rings (SSSR count). The maximum absolute atomic E-state index is 13.1. The smallest absolute Gasteiger partial charge is 0.271 e. The average Bonchev–Trinajstić information content (AvgIpc) is 3.01. The second-order valence-electron chi connectivity index (χ2n) is 12.5. The average molecular weight is 607 g/mol. The number of hydrogen-bond acceptors (Lipinski definition) is 7. The number of rotatable bonds is 5. The summed E-state index contributed by atoms with van der Waals surface area (Å²) in [6.45, 7) is 4.81. The summed E-state index contributed by atoms with van der Waals surface area (Å²) < 4.78 is 1.35. The van der Waals surface area contributed by atoms with Crippen LogP contribution in [-0.2, 0) is 16.6 Å². The van der Waals surface area contributed by atoms with Crippen LogP contribution < -0.4 is 16.2 Å². The van der Waals surface area contributed by atoms with Crippen LogP contribution in [-0.4, -0.2) is 76.6 Å². The lowest BCUT2D eigenvalue weighted by Crippen LogP contribution is -2.49. The van der Waals surface area contributed by atoms with Gasteiger partial charge in [-0.3, -0.25) is 24.5 Å². The van der Waals surface area contributed by atoms with Gasteiger partial charge in [0.2, 0.25) is 11.8 Å². The van der Waals surface area contributed by atoms with Crippen LogP contribution in [0.1, 0.15) is 63.7 Å². The number of benzene rings is 2. The molecule has 3 aliphatic rings. The molecule has 10 heteroatoms. The minimum absolute atomic E-state index is 0.0159. The van der Waals surface area contributed by atoms with Gasteiger partial charge < -0.3 is 15.1 Å². The molecule has 3 saturated heterocycles. The molecule has 1 aromatic heterocycles. The van der Waals surface area contributed by atoms with E-state index < -0.39 is 0 Å². The summed E-state index contributed by atoms with van der Waals surface area (Å²) >= 11 is 0. The minimum atomic E-state index is -0.303. The van der Waals surface area contributed by atoms with Crippen LogP contribution in [0, 0.1) is 24.7 Å². The molecule has 3 atom stereocenters. The number of nitrogens with zero attached hydrogens (tertiary/aromatic N) is 4. The van der Waals surface area contributed by atoms with Crippen molar-refractivity contribution in [2.45, 2.75) is 44.1 Å². The van der Waals surface area contributed by atoms with Gasteiger partial charge in [-0.05, 0) is 68.1 Å². The van der Waals surface area contributed by atoms with E-state index in [1.54, 1.807) is 13.2 Å². The number of anilines is 1. The molecular formula is C35H38N6O4. The van der Waals surface area contributed by atoms with E-state index in [-0.39, 0.29) is 41.2 Å². The number of imide groups is 1. The summed E-state index contributed by atoms with van der Waals surface area (Å²) in [5.74, 6) is 6.14. The molecule has 3 fully saturated rings. The molecular weight excluding hydrogens is 568 g/mol. The number of piperidine rings is 2. The van der Waals surface area contributed by atoms with Crippen molar-refractivity contribution in [3.05, 3.63) is 92.9 Å². The number of hydrogen-bond donors (Lipinski definition) is 2. The zero-order chi connectivity index (χ0) is 31.7. The quantitative estimate of drug-likeness (QED) is 0.339. The van der Waals surface area contributed by atoms with Crippen LogP contribution in [0.15, 0.2) is 59.5 Å². The highest BCUT2D eigenvalue weighted by atomic mass is 16.2. The second-order valence-corrected chi connectivity index (χ2v) is 12.5. The third kappa shape index (κ3) is 6.69. The van der Waals surface area contributed by atoms with Crippen LogP contribution in [0.3, 0.4) is 0 Å². The van der Waals surface area contributed by atoms with Crippen LogP contribution in [0.5, 0.6) is 0 Å². The van der Waals surface area contributed by atoms with E-state index in [9.17, 15) is 19.2 Å². The van der Waals surface area contributed by atoms with Crippen LogP contribution in [0.2, 0.25) is 0 Å². The molecule has 3 aromatic rings. The second kappa shape index (κ2) is 12.7. The van der Waals surface area contributed by atoms with Gasteiger partial charge >= 0.3 is 0 Å². The van der Waals surface area contributed by atoms with Gasteiger partial charge in [0.15, 0.2) is 0 Å². The highest BCUT2D eigenvalue weighted by Crippen LogP contribution is 2.29. The lowest BCUT2D eigenvalue weighted by molar-refractivity contribution is -0.134. The zero-order valence-corrected chi connectivity index (χ0v) is 25.9. The van der Waals surface area contributed by atoms with Crippen LogP contribution >= 0.6 is 0 Å². The molecule has 45 heavy (non-hydrogen) atoms. The number of carbonyl (C=O) groups excluding carboxylic acids is 3.